The zero-order chi connectivity index (χ0) is 10.8. The van der Waals surface area contributed by atoms with Gasteiger partial charge in [-0.25, -0.2) is 18.7 Å². The summed E-state index contributed by atoms with van der Waals surface area (Å²) in [4.78, 5) is 11.0. The molecule has 2 heterocycles. The smallest absolute Gasteiger partial charge is 0.280 e. The molecule has 78 valence electrons. The number of alkyl halides is 2. The number of aromatic nitrogens is 4. The van der Waals surface area contributed by atoms with E-state index < -0.39 is 12.1 Å². The van der Waals surface area contributed by atoms with Crippen LogP contribution < -0.4 is 0 Å². The van der Waals surface area contributed by atoms with Gasteiger partial charge in [-0.15, -0.1) is 0 Å². The van der Waals surface area contributed by atoms with Crippen LogP contribution in [0.25, 0.3) is 5.82 Å². The van der Waals surface area contributed by atoms with Crippen LogP contribution in [0.1, 0.15) is 12.1 Å². The first kappa shape index (κ1) is 9.97. The van der Waals surface area contributed by atoms with Crippen molar-refractivity contribution in [2.75, 3.05) is 0 Å². The fourth-order valence-electron chi connectivity index (χ4n) is 1.06. The first-order chi connectivity index (χ1) is 7.16. The summed E-state index contributed by atoms with van der Waals surface area (Å²) in [6, 6.07) is 1.16. The van der Waals surface area contributed by atoms with Gasteiger partial charge in [0.1, 0.15) is 17.8 Å². The Morgan fingerprint density at radius 2 is 2.13 bits per heavy atom. The van der Waals surface area contributed by atoms with Gasteiger partial charge in [0, 0.05) is 18.5 Å². The summed E-state index contributed by atoms with van der Waals surface area (Å²) in [7, 11) is 0. The van der Waals surface area contributed by atoms with Crippen LogP contribution in [0, 0.1) is 0 Å². The molecule has 0 aliphatic heterocycles. The molecule has 0 bridgehead atoms. The third-order valence-corrected chi connectivity index (χ3v) is 1.87. The van der Waals surface area contributed by atoms with Gasteiger partial charge < -0.3 is 0 Å². The van der Waals surface area contributed by atoms with Crippen molar-refractivity contribution in [3.05, 3.63) is 35.8 Å². The average Bonchev–Trinajstić information content (AvgIpc) is 2.69. The summed E-state index contributed by atoms with van der Waals surface area (Å²) in [5, 5.41) is -0.212. The maximum Gasteiger partial charge on any atom is 0.280 e. The van der Waals surface area contributed by atoms with Gasteiger partial charge in [-0.2, -0.15) is 4.98 Å². The number of halogens is 3. The molecule has 0 N–H and O–H groups in total. The molecule has 0 aliphatic rings. The molecule has 15 heavy (non-hydrogen) atoms. The zero-order valence-corrected chi connectivity index (χ0v) is 8.07. The molecule has 0 amide bonds. The van der Waals surface area contributed by atoms with Gasteiger partial charge in [0.15, 0.2) is 0 Å². The minimum Gasteiger partial charge on any atom is -0.290 e. The van der Waals surface area contributed by atoms with Crippen molar-refractivity contribution in [3.8, 4) is 5.82 Å². The minimum atomic E-state index is -2.67. The third-order valence-electron chi connectivity index (χ3n) is 1.70. The monoisotopic (exact) mass is 230 g/mol. The van der Waals surface area contributed by atoms with Gasteiger partial charge in [-0.3, -0.25) is 4.57 Å². The van der Waals surface area contributed by atoms with E-state index in [9.17, 15) is 8.78 Å². The molecule has 2 aromatic rings. The molecule has 2 rings (SSSR count). The normalized spacial score (nSPS) is 10.9. The van der Waals surface area contributed by atoms with Crippen LogP contribution in [0.5, 0.6) is 0 Å². The number of hydrogen-bond donors (Lipinski definition) is 0. The molecule has 0 aromatic carbocycles. The fraction of sp³-hybridized carbons (Fsp3) is 0.125. The second kappa shape index (κ2) is 3.90. The Bertz CT molecular complexity index is 458. The third kappa shape index (κ3) is 2.10. The quantitative estimate of drug-likeness (QED) is 0.744. The van der Waals surface area contributed by atoms with Crippen LogP contribution in [0.3, 0.4) is 0 Å². The Balaban J connectivity index is 2.49. The number of nitrogens with zero attached hydrogens (tertiary/aromatic N) is 4. The molecule has 0 saturated heterocycles. The van der Waals surface area contributed by atoms with Crippen LogP contribution in [-0.4, -0.2) is 19.5 Å². The van der Waals surface area contributed by atoms with Crippen molar-refractivity contribution < 1.29 is 8.78 Å². The summed E-state index contributed by atoms with van der Waals surface area (Å²) in [5.74, 6) is 0.266. The molecule has 0 radical (unpaired) electrons. The van der Waals surface area contributed by atoms with Gasteiger partial charge in [0.05, 0.1) is 0 Å². The molecule has 7 heteroatoms. The van der Waals surface area contributed by atoms with Crippen molar-refractivity contribution in [1.29, 1.82) is 0 Å². The molecule has 0 aliphatic carbocycles. The van der Waals surface area contributed by atoms with E-state index >= 15 is 0 Å². The molecular formula is C8H5ClF2N4. The summed E-state index contributed by atoms with van der Waals surface area (Å²) in [5.41, 5.74) is -0.404. The second-order valence-electron chi connectivity index (χ2n) is 2.69. The van der Waals surface area contributed by atoms with Crippen LogP contribution in [-0.2, 0) is 0 Å². The van der Waals surface area contributed by atoms with Crippen LogP contribution in [0.15, 0.2) is 24.8 Å². The molecule has 0 fully saturated rings. The van der Waals surface area contributed by atoms with Gasteiger partial charge in [0.2, 0.25) is 5.28 Å². The number of imidazole rings is 1. The van der Waals surface area contributed by atoms with Crippen molar-refractivity contribution in [2.45, 2.75) is 6.43 Å². The number of hydrogen-bond acceptors (Lipinski definition) is 3. The molecule has 0 atom stereocenters. The Morgan fingerprint density at radius 1 is 1.33 bits per heavy atom. The maximum atomic E-state index is 12.4. The van der Waals surface area contributed by atoms with Gasteiger partial charge in [-0.05, 0) is 11.6 Å². The first-order valence-electron chi connectivity index (χ1n) is 3.98. The van der Waals surface area contributed by atoms with Crippen molar-refractivity contribution in [3.63, 3.8) is 0 Å². The first-order valence-corrected chi connectivity index (χ1v) is 4.35. The fourth-order valence-corrected chi connectivity index (χ4v) is 1.25. The molecule has 4 nitrogen and oxygen atoms in total. The highest BCUT2D eigenvalue weighted by Gasteiger charge is 2.12. The topological polar surface area (TPSA) is 43.6 Å². The van der Waals surface area contributed by atoms with E-state index in [4.69, 9.17) is 11.6 Å². The highest BCUT2D eigenvalue weighted by molar-refractivity contribution is 6.28. The van der Waals surface area contributed by atoms with Crippen LogP contribution >= 0.6 is 11.6 Å². The molecule has 2 aromatic heterocycles. The van der Waals surface area contributed by atoms with Gasteiger partial charge >= 0.3 is 0 Å². The van der Waals surface area contributed by atoms with Gasteiger partial charge in [-0.1, -0.05) is 0 Å². The van der Waals surface area contributed by atoms with E-state index in [1.165, 1.54) is 17.1 Å². The lowest BCUT2D eigenvalue weighted by Gasteiger charge is -2.04. The van der Waals surface area contributed by atoms with E-state index in [2.05, 4.69) is 15.0 Å². The zero-order valence-electron chi connectivity index (χ0n) is 7.31. The Morgan fingerprint density at radius 3 is 2.73 bits per heavy atom. The SMILES string of the molecule is FC(F)c1cc(-n2ccnc2)nc(Cl)n1. The Hall–Kier alpha value is -1.56. The Labute approximate surface area is 88.6 Å². The average molecular weight is 231 g/mol. The molecule has 0 unspecified atom stereocenters. The maximum absolute atomic E-state index is 12.4. The summed E-state index contributed by atoms with van der Waals surface area (Å²) < 4.78 is 26.3. The van der Waals surface area contributed by atoms with Crippen molar-refractivity contribution in [2.24, 2.45) is 0 Å². The molecule has 0 saturated carbocycles. The summed E-state index contributed by atoms with van der Waals surface area (Å²) in [6.45, 7) is 0. The summed E-state index contributed by atoms with van der Waals surface area (Å²) >= 11 is 5.52. The predicted octanol–water partition coefficient (Wildman–Crippen LogP) is 2.25. The van der Waals surface area contributed by atoms with Crippen LogP contribution in [0.2, 0.25) is 5.28 Å². The van der Waals surface area contributed by atoms with E-state index in [1.807, 2.05) is 0 Å². The van der Waals surface area contributed by atoms with E-state index in [0.29, 0.717) is 0 Å². The standard InChI is InChI=1S/C8H5ClF2N4/c9-8-13-5(7(10)11)3-6(14-8)15-2-1-12-4-15/h1-4,7H. The Kier molecular flexibility index (Phi) is 2.59. The van der Waals surface area contributed by atoms with E-state index in [1.54, 1.807) is 6.20 Å². The lowest BCUT2D eigenvalue weighted by molar-refractivity contribution is 0.146. The lowest BCUT2D eigenvalue weighted by Crippen LogP contribution is -2.00. The largest absolute Gasteiger partial charge is 0.290 e. The van der Waals surface area contributed by atoms with Crippen molar-refractivity contribution >= 4 is 11.6 Å². The predicted molar refractivity (Wildman–Crippen MR) is 49.1 cm³/mol. The number of rotatable bonds is 2. The van der Waals surface area contributed by atoms with E-state index in [-0.39, 0.29) is 11.1 Å². The highest BCUT2D eigenvalue weighted by atomic mass is 35.5. The molecular weight excluding hydrogens is 226 g/mol. The summed E-state index contributed by atoms with van der Waals surface area (Å²) in [6.07, 6.45) is 1.85. The lowest BCUT2D eigenvalue weighted by atomic mass is 10.4. The second-order valence-corrected chi connectivity index (χ2v) is 3.03. The molecule has 0 spiro atoms. The van der Waals surface area contributed by atoms with Crippen LogP contribution in [0.4, 0.5) is 8.78 Å². The van der Waals surface area contributed by atoms with E-state index in [0.717, 1.165) is 6.07 Å². The van der Waals surface area contributed by atoms with Crippen molar-refractivity contribution in [1.82, 2.24) is 19.5 Å². The highest BCUT2D eigenvalue weighted by Crippen LogP contribution is 2.19. The minimum absolute atomic E-state index is 0.212. The van der Waals surface area contributed by atoms with Gasteiger partial charge in [0.25, 0.3) is 6.43 Å².